The van der Waals surface area contributed by atoms with Gasteiger partial charge in [0.15, 0.2) is 5.11 Å². The molecule has 3 rings (SSSR count). The van der Waals surface area contributed by atoms with Crippen LogP contribution in [0, 0.1) is 0 Å². The maximum absolute atomic E-state index is 12.4. The van der Waals surface area contributed by atoms with Crippen LogP contribution in [0.4, 0.5) is 5.69 Å². The number of hydrogen-bond donors (Lipinski definition) is 1. The molecule has 1 atom stereocenters. The van der Waals surface area contributed by atoms with E-state index in [1.54, 1.807) is 4.90 Å². The molecular formula is C15H13N3OS. The molecule has 0 bridgehead atoms. The van der Waals surface area contributed by atoms with Gasteiger partial charge in [-0.1, -0.05) is 48.5 Å². The van der Waals surface area contributed by atoms with Crippen LogP contribution < -0.4 is 10.7 Å². The third kappa shape index (κ3) is 1.97. The fourth-order valence-electron chi connectivity index (χ4n) is 2.34. The molecule has 0 saturated carbocycles. The van der Waals surface area contributed by atoms with Crippen molar-refractivity contribution in [2.45, 2.75) is 6.04 Å². The van der Waals surface area contributed by atoms with Gasteiger partial charge in [0.2, 0.25) is 0 Å². The molecule has 0 aromatic heterocycles. The molecule has 2 aromatic rings. The van der Waals surface area contributed by atoms with E-state index in [2.05, 4.69) is 0 Å². The van der Waals surface area contributed by atoms with Crippen LogP contribution in [-0.2, 0) is 4.79 Å². The summed E-state index contributed by atoms with van der Waals surface area (Å²) in [6, 6.07) is 18.6. The van der Waals surface area contributed by atoms with E-state index in [1.165, 1.54) is 0 Å². The van der Waals surface area contributed by atoms with Gasteiger partial charge in [0.05, 0.1) is 0 Å². The van der Waals surface area contributed by atoms with Crippen LogP contribution in [0.25, 0.3) is 0 Å². The topological polar surface area (TPSA) is 49.6 Å². The van der Waals surface area contributed by atoms with Crippen LogP contribution in [0.2, 0.25) is 0 Å². The van der Waals surface area contributed by atoms with E-state index < -0.39 is 6.04 Å². The Balaban J connectivity index is 2.10. The molecule has 1 aliphatic rings. The number of benzene rings is 2. The number of para-hydroxylation sites is 1. The smallest absolute Gasteiger partial charge is 0.270 e. The number of carbonyl (C=O) groups excluding carboxylic acids is 1. The van der Waals surface area contributed by atoms with Gasteiger partial charge < -0.3 is 4.90 Å². The van der Waals surface area contributed by atoms with E-state index in [0.717, 1.165) is 16.3 Å². The number of hydrazine groups is 1. The Bertz CT molecular complexity index is 587. The van der Waals surface area contributed by atoms with Crippen LogP contribution in [0.15, 0.2) is 60.7 Å². The summed E-state index contributed by atoms with van der Waals surface area (Å²) in [5.74, 6) is 5.56. The molecule has 0 spiro atoms. The molecule has 100 valence electrons. The standard InChI is InChI=1S/C15H13N3OS/c16-18-14(19)13(11-7-3-1-4-8-11)17(15(18)20)12-9-5-2-6-10-12/h1-10,13H,16H2. The lowest BCUT2D eigenvalue weighted by molar-refractivity contribution is -0.127. The highest BCUT2D eigenvalue weighted by atomic mass is 32.1. The number of thiocarbonyl (C=S) groups is 1. The Labute approximate surface area is 122 Å². The second-order valence-corrected chi connectivity index (χ2v) is 4.87. The third-order valence-electron chi connectivity index (χ3n) is 3.29. The van der Waals surface area contributed by atoms with Gasteiger partial charge in [-0.3, -0.25) is 4.79 Å². The zero-order valence-corrected chi connectivity index (χ0v) is 11.5. The van der Waals surface area contributed by atoms with E-state index in [1.807, 2.05) is 60.7 Å². The predicted octanol–water partition coefficient (Wildman–Crippen LogP) is 2.24. The maximum atomic E-state index is 12.4. The molecule has 1 heterocycles. The monoisotopic (exact) mass is 283 g/mol. The van der Waals surface area contributed by atoms with Crippen molar-refractivity contribution in [2.24, 2.45) is 5.84 Å². The summed E-state index contributed by atoms with van der Waals surface area (Å²) in [6.07, 6.45) is 0. The predicted molar refractivity (Wildman–Crippen MR) is 81.7 cm³/mol. The largest absolute Gasteiger partial charge is 0.301 e. The number of rotatable bonds is 2. The molecule has 0 aliphatic carbocycles. The Morgan fingerprint density at radius 3 is 2.10 bits per heavy atom. The number of anilines is 1. The lowest BCUT2D eigenvalue weighted by atomic mass is 10.1. The van der Waals surface area contributed by atoms with E-state index in [9.17, 15) is 4.79 Å². The van der Waals surface area contributed by atoms with Gasteiger partial charge in [-0.15, -0.1) is 0 Å². The van der Waals surface area contributed by atoms with E-state index in [0.29, 0.717) is 5.11 Å². The molecule has 4 nitrogen and oxygen atoms in total. The van der Waals surface area contributed by atoms with Gasteiger partial charge in [0, 0.05) is 5.69 Å². The van der Waals surface area contributed by atoms with Gasteiger partial charge in [-0.25, -0.2) is 10.9 Å². The Hall–Kier alpha value is -2.24. The summed E-state index contributed by atoms with van der Waals surface area (Å²) in [6.45, 7) is 0. The molecule has 2 aromatic carbocycles. The minimum Gasteiger partial charge on any atom is -0.301 e. The fraction of sp³-hybridized carbons (Fsp3) is 0.0667. The molecule has 1 aliphatic heterocycles. The average Bonchev–Trinajstić information content (AvgIpc) is 2.73. The number of nitrogens with two attached hydrogens (primary N) is 1. The second kappa shape index (κ2) is 5.03. The summed E-state index contributed by atoms with van der Waals surface area (Å²) in [5, 5.41) is 1.36. The van der Waals surface area contributed by atoms with Gasteiger partial charge in [-0.2, -0.15) is 0 Å². The first kappa shape index (κ1) is 12.8. The Morgan fingerprint density at radius 1 is 0.950 bits per heavy atom. The first-order chi connectivity index (χ1) is 9.70. The summed E-state index contributed by atoms with van der Waals surface area (Å²) in [7, 11) is 0. The van der Waals surface area contributed by atoms with Crippen molar-refractivity contribution in [1.82, 2.24) is 5.01 Å². The fourth-order valence-corrected chi connectivity index (χ4v) is 2.64. The third-order valence-corrected chi connectivity index (χ3v) is 3.68. The van der Waals surface area contributed by atoms with Crippen molar-refractivity contribution in [1.29, 1.82) is 0 Å². The van der Waals surface area contributed by atoms with Crippen molar-refractivity contribution in [3.8, 4) is 0 Å². The quantitative estimate of drug-likeness (QED) is 0.522. The summed E-state index contributed by atoms with van der Waals surface area (Å²) in [4.78, 5) is 14.2. The summed E-state index contributed by atoms with van der Waals surface area (Å²) >= 11 is 5.31. The molecule has 1 fully saturated rings. The normalized spacial score (nSPS) is 18.8. The van der Waals surface area contributed by atoms with Gasteiger partial charge >= 0.3 is 0 Å². The molecule has 1 saturated heterocycles. The molecule has 5 heteroatoms. The SMILES string of the molecule is NN1C(=O)C(c2ccccc2)N(c2ccccc2)C1=S. The summed E-state index contributed by atoms with van der Waals surface area (Å²) < 4.78 is 0. The van der Waals surface area contributed by atoms with Gasteiger partial charge in [0.1, 0.15) is 6.04 Å². The zero-order valence-electron chi connectivity index (χ0n) is 10.6. The summed E-state index contributed by atoms with van der Waals surface area (Å²) in [5.41, 5.74) is 1.73. The van der Waals surface area contributed by atoms with Crippen molar-refractivity contribution in [3.63, 3.8) is 0 Å². The molecular weight excluding hydrogens is 270 g/mol. The number of amides is 1. The highest BCUT2D eigenvalue weighted by molar-refractivity contribution is 7.80. The van der Waals surface area contributed by atoms with Crippen LogP contribution >= 0.6 is 12.2 Å². The molecule has 2 N–H and O–H groups in total. The molecule has 20 heavy (non-hydrogen) atoms. The molecule has 1 amide bonds. The first-order valence-corrected chi connectivity index (χ1v) is 6.63. The Kier molecular flexibility index (Phi) is 3.22. The maximum Gasteiger partial charge on any atom is 0.270 e. The van der Waals surface area contributed by atoms with Crippen LogP contribution in [0.1, 0.15) is 11.6 Å². The van der Waals surface area contributed by atoms with Gasteiger partial charge in [-0.05, 0) is 29.9 Å². The highest BCUT2D eigenvalue weighted by Crippen LogP contribution is 2.34. The molecule has 1 unspecified atom stereocenters. The molecule has 0 radical (unpaired) electrons. The van der Waals surface area contributed by atoms with Gasteiger partial charge in [0.25, 0.3) is 5.91 Å². The number of nitrogens with zero attached hydrogens (tertiary/aromatic N) is 2. The number of carbonyl (C=O) groups is 1. The lowest BCUT2D eigenvalue weighted by Gasteiger charge is -2.23. The second-order valence-electron chi connectivity index (χ2n) is 4.51. The van der Waals surface area contributed by atoms with E-state index in [4.69, 9.17) is 18.1 Å². The van der Waals surface area contributed by atoms with Crippen LogP contribution in [-0.4, -0.2) is 16.0 Å². The minimum atomic E-state index is -0.504. The Morgan fingerprint density at radius 2 is 1.50 bits per heavy atom. The van der Waals surface area contributed by atoms with Crippen molar-refractivity contribution < 1.29 is 4.79 Å². The lowest BCUT2D eigenvalue weighted by Crippen LogP contribution is -2.38. The van der Waals surface area contributed by atoms with Crippen molar-refractivity contribution in [3.05, 3.63) is 66.2 Å². The average molecular weight is 283 g/mol. The van der Waals surface area contributed by atoms with E-state index >= 15 is 0 Å². The number of hydrogen-bond acceptors (Lipinski definition) is 3. The minimum absolute atomic E-state index is 0.218. The highest BCUT2D eigenvalue weighted by Gasteiger charge is 2.42. The zero-order chi connectivity index (χ0) is 14.1. The van der Waals surface area contributed by atoms with Crippen LogP contribution in [0.3, 0.4) is 0 Å². The van der Waals surface area contributed by atoms with Crippen molar-refractivity contribution in [2.75, 3.05) is 4.90 Å². The van der Waals surface area contributed by atoms with Crippen LogP contribution in [0.5, 0.6) is 0 Å². The van der Waals surface area contributed by atoms with Crippen molar-refractivity contribution >= 4 is 28.9 Å². The first-order valence-electron chi connectivity index (χ1n) is 6.22. The van der Waals surface area contributed by atoms with E-state index in [-0.39, 0.29) is 5.91 Å².